The van der Waals surface area contributed by atoms with E-state index in [-0.39, 0.29) is 11.7 Å². The number of hydrogen-bond acceptors (Lipinski definition) is 6. The van der Waals surface area contributed by atoms with Crippen LogP contribution in [-0.4, -0.2) is 54.7 Å². The molecule has 1 amide bonds. The van der Waals surface area contributed by atoms with Gasteiger partial charge in [0, 0.05) is 37.1 Å². The average Bonchev–Trinajstić information content (AvgIpc) is 3.80. The van der Waals surface area contributed by atoms with Gasteiger partial charge in [0.1, 0.15) is 0 Å². The molecule has 1 aromatic heterocycles. The van der Waals surface area contributed by atoms with Gasteiger partial charge in [0.2, 0.25) is 10.0 Å². The highest BCUT2D eigenvalue weighted by molar-refractivity contribution is 7.92. The van der Waals surface area contributed by atoms with Crippen molar-refractivity contribution in [2.24, 2.45) is 12.5 Å². The lowest BCUT2D eigenvalue weighted by molar-refractivity contribution is 0.102. The Morgan fingerprint density at radius 2 is 1.81 bits per heavy atom. The van der Waals surface area contributed by atoms with Crippen molar-refractivity contribution in [3.8, 4) is 0 Å². The molecule has 2 heterocycles. The molecular formula is C27H33N5O4S. The molecule has 2 saturated carbocycles. The lowest BCUT2D eigenvalue weighted by Crippen LogP contribution is -2.35. The third kappa shape index (κ3) is 4.92. The smallest absolute Gasteiger partial charge is 0.257 e. The number of rotatable bonds is 8. The van der Waals surface area contributed by atoms with Gasteiger partial charge in [-0.25, -0.2) is 8.42 Å². The summed E-state index contributed by atoms with van der Waals surface area (Å²) in [6.45, 7) is 1.21. The van der Waals surface area contributed by atoms with E-state index in [0.29, 0.717) is 28.3 Å². The van der Waals surface area contributed by atoms with Gasteiger partial charge in [-0.3, -0.25) is 14.2 Å². The minimum Gasteiger partial charge on any atom is -0.395 e. The summed E-state index contributed by atoms with van der Waals surface area (Å²) in [6.07, 6.45) is 7.01. The van der Waals surface area contributed by atoms with Crippen molar-refractivity contribution in [3.05, 3.63) is 47.7 Å². The molecule has 1 spiro atoms. The Labute approximate surface area is 216 Å². The predicted octanol–water partition coefficient (Wildman–Crippen LogP) is 3.82. The maximum absolute atomic E-state index is 13.6. The molecule has 37 heavy (non-hydrogen) atoms. The number of aryl methyl sites for hydroxylation is 1. The van der Waals surface area contributed by atoms with Crippen molar-refractivity contribution in [2.45, 2.75) is 44.4 Å². The summed E-state index contributed by atoms with van der Waals surface area (Å²) >= 11 is 0. The Hall–Kier alpha value is -3.11. The second-order valence-electron chi connectivity index (χ2n) is 10.8. The second-order valence-corrected chi connectivity index (χ2v) is 12.7. The largest absolute Gasteiger partial charge is 0.395 e. The first-order chi connectivity index (χ1) is 17.8. The summed E-state index contributed by atoms with van der Waals surface area (Å²) in [5.41, 5.74) is 4.93. The molecule has 1 saturated heterocycles. The zero-order chi connectivity index (χ0) is 25.8. The minimum absolute atomic E-state index is 0.234. The fourth-order valence-corrected chi connectivity index (χ4v) is 6.35. The number of amides is 1. The number of fused-ring (bicyclic) bond motifs is 1. The van der Waals surface area contributed by atoms with Gasteiger partial charge >= 0.3 is 0 Å². The lowest BCUT2D eigenvalue weighted by atomic mass is 9.93. The molecule has 9 nitrogen and oxygen atoms in total. The number of aliphatic hydroxyl groups excluding tert-OH is 1. The number of sulfonamides is 1. The number of benzene rings is 2. The van der Waals surface area contributed by atoms with E-state index in [1.54, 1.807) is 18.2 Å². The van der Waals surface area contributed by atoms with Crippen molar-refractivity contribution >= 4 is 43.9 Å². The minimum atomic E-state index is -3.67. The van der Waals surface area contributed by atoms with E-state index in [1.807, 2.05) is 29.9 Å². The molecule has 2 aliphatic carbocycles. The molecular weight excluding hydrogens is 490 g/mol. The summed E-state index contributed by atoms with van der Waals surface area (Å²) in [7, 11) is -1.73. The van der Waals surface area contributed by atoms with E-state index < -0.39 is 16.6 Å². The van der Waals surface area contributed by atoms with Gasteiger partial charge in [-0.2, -0.15) is 5.10 Å². The number of carbonyl (C=O) groups excluding carboxylic acids is 1. The highest BCUT2D eigenvalue weighted by atomic mass is 32.2. The van der Waals surface area contributed by atoms with E-state index in [0.717, 1.165) is 61.1 Å². The predicted molar refractivity (Wildman–Crippen MR) is 145 cm³/mol. The number of hydrogen-bond donors (Lipinski definition) is 3. The van der Waals surface area contributed by atoms with Crippen molar-refractivity contribution in [1.29, 1.82) is 0 Å². The Balaban J connectivity index is 1.29. The van der Waals surface area contributed by atoms with Gasteiger partial charge in [0.05, 0.1) is 40.5 Å². The highest BCUT2D eigenvalue weighted by Gasteiger charge is 2.44. The molecule has 0 atom stereocenters. The van der Waals surface area contributed by atoms with Crippen molar-refractivity contribution in [2.75, 3.05) is 40.4 Å². The molecule has 1 aliphatic heterocycles. The van der Waals surface area contributed by atoms with Gasteiger partial charge in [-0.1, -0.05) is 0 Å². The average molecular weight is 524 g/mol. The van der Waals surface area contributed by atoms with Gasteiger partial charge < -0.3 is 15.3 Å². The number of aromatic nitrogens is 2. The van der Waals surface area contributed by atoms with Crippen LogP contribution < -0.4 is 14.9 Å². The topological polar surface area (TPSA) is 117 Å². The number of nitrogens with zero attached hydrogens (tertiary/aromatic N) is 3. The Bertz CT molecular complexity index is 1460. The molecule has 3 aliphatic rings. The summed E-state index contributed by atoms with van der Waals surface area (Å²) in [6, 6.07) is 10.9. The quantitative estimate of drug-likeness (QED) is 0.413. The Morgan fingerprint density at radius 3 is 2.49 bits per heavy atom. The maximum Gasteiger partial charge on any atom is 0.257 e. The number of piperidine rings is 1. The summed E-state index contributed by atoms with van der Waals surface area (Å²) < 4.78 is 28.9. The number of aliphatic hydroxyl groups is 1. The lowest BCUT2D eigenvalue weighted by Gasteiger charge is -2.35. The van der Waals surface area contributed by atoms with Crippen molar-refractivity contribution in [3.63, 3.8) is 0 Å². The molecule has 196 valence electrons. The van der Waals surface area contributed by atoms with Crippen molar-refractivity contribution < 1.29 is 18.3 Å². The third-order valence-electron chi connectivity index (χ3n) is 8.10. The monoisotopic (exact) mass is 523 g/mol. The van der Waals surface area contributed by atoms with Crippen LogP contribution in [0.5, 0.6) is 0 Å². The fraction of sp³-hybridized carbons (Fsp3) is 0.481. The molecule has 0 bridgehead atoms. The Morgan fingerprint density at radius 1 is 1.08 bits per heavy atom. The molecule has 0 radical (unpaired) electrons. The fourth-order valence-electron chi connectivity index (χ4n) is 5.53. The zero-order valence-corrected chi connectivity index (χ0v) is 21.9. The van der Waals surface area contributed by atoms with Crippen LogP contribution in [0.3, 0.4) is 0 Å². The molecule has 2 aromatic carbocycles. The number of carbonyl (C=O) groups is 1. The zero-order valence-electron chi connectivity index (χ0n) is 21.0. The van der Waals surface area contributed by atoms with E-state index in [1.165, 1.54) is 12.8 Å². The van der Waals surface area contributed by atoms with Gasteiger partial charge in [0.15, 0.2) is 0 Å². The van der Waals surface area contributed by atoms with E-state index in [4.69, 9.17) is 10.2 Å². The normalized spacial score (nSPS) is 18.8. The first-order valence-corrected chi connectivity index (χ1v) is 14.7. The van der Waals surface area contributed by atoms with Gasteiger partial charge in [-0.05, 0) is 80.3 Å². The van der Waals surface area contributed by atoms with Gasteiger partial charge in [0.25, 0.3) is 5.91 Å². The van der Waals surface area contributed by atoms with E-state index in [2.05, 4.69) is 14.9 Å². The van der Waals surface area contributed by atoms with Gasteiger partial charge in [-0.15, -0.1) is 0 Å². The van der Waals surface area contributed by atoms with Crippen LogP contribution in [-0.2, 0) is 17.1 Å². The SMILES string of the molecule is Cn1nc(C2CC2)c2cc(NC(=O)c3ccc(NS(=O)(=O)CCO)cc3N3CCC4(CC3)CC4)ccc21. The maximum atomic E-state index is 13.6. The summed E-state index contributed by atoms with van der Waals surface area (Å²) in [4.78, 5) is 15.8. The second kappa shape index (κ2) is 9.02. The molecule has 3 fully saturated rings. The van der Waals surface area contributed by atoms with Crippen LogP contribution in [0.2, 0.25) is 0 Å². The van der Waals surface area contributed by atoms with Crippen LogP contribution in [0.4, 0.5) is 17.1 Å². The molecule has 3 N–H and O–H groups in total. The van der Waals surface area contributed by atoms with E-state index in [9.17, 15) is 13.2 Å². The van der Waals surface area contributed by atoms with Crippen molar-refractivity contribution in [1.82, 2.24) is 9.78 Å². The van der Waals surface area contributed by atoms with Crippen LogP contribution in [0, 0.1) is 5.41 Å². The highest BCUT2D eigenvalue weighted by Crippen LogP contribution is 2.54. The summed E-state index contributed by atoms with van der Waals surface area (Å²) in [5, 5.41) is 17.9. The number of anilines is 3. The summed E-state index contributed by atoms with van der Waals surface area (Å²) in [5.74, 6) is -0.115. The molecule has 10 heteroatoms. The Kier molecular flexibility index (Phi) is 5.91. The molecule has 0 unspecified atom stereocenters. The van der Waals surface area contributed by atoms with Crippen LogP contribution in [0.25, 0.3) is 10.9 Å². The molecule has 3 aromatic rings. The van der Waals surface area contributed by atoms with E-state index >= 15 is 0 Å². The standard InChI is InChI=1S/C27H33N5O4S/c1-31-23-7-5-19(16-22(23)25(29-31)18-2-3-18)28-26(34)21-6-4-20(30-37(35,36)15-14-33)17-24(21)32-12-10-27(8-9-27)11-13-32/h4-7,16-18,30,33H,2-3,8-15H2,1H3,(H,28,34). The first-order valence-electron chi connectivity index (χ1n) is 13.0. The first kappa shape index (κ1) is 24.2. The van der Waals surface area contributed by atoms with Crippen LogP contribution in [0.15, 0.2) is 36.4 Å². The number of nitrogens with one attached hydrogen (secondary N) is 2. The third-order valence-corrected chi connectivity index (χ3v) is 9.37. The van der Waals surface area contributed by atoms with Crippen LogP contribution >= 0.6 is 0 Å². The molecule has 6 rings (SSSR count). The van der Waals surface area contributed by atoms with Crippen LogP contribution in [0.1, 0.15) is 60.5 Å².